The Labute approximate surface area is 185 Å². The molecule has 0 aliphatic heterocycles. The van der Waals surface area contributed by atoms with Crippen LogP contribution in [0.1, 0.15) is 27.0 Å². The van der Waals surface area contributed by atoms with Crippen LogP contribution in [0.15, 0.2) is 84.9 Å². The maximum absolute atomic E-state index is 13.1. The van der Waals surface area contributed by atoms with E-state index < -0.39 is 23.7 Å². The number of benzene rings is 3. The normalized spacial score (nSPS) is 12.1. The van der Waals surface area contributed by atoms with Gasteiger partial charge in [0.05, 0.1) is 5.71 Å². The van der Waals surface area contributed by atoms with Gasteiger partial charge in [-0.05, 0) is 47.5 Å². The number of nitrogens with two attached hydrogens (primary N) is 2. The zero-order valence-corrected chi connectivity index (χ0v) is 17.2. The highest BCUT2D eigenvalue weighted by Gasteiger charge is 2.21. The van der Waals surface area contributed by atoms with Gasteiger partial charge in [-0.25, -0.2) is 4.39 Å². The van der Waals surface area contributed by atoms with Crippen molar-refractivity contribution in [2.24, 2.45) is 11.5 Å². The van der Waals surface area contributed by atoms with E-state index in [2.05, 4.69) is 5.32 Å². The second-order valence-electron chi connectivity index (χ2n) is 7.18. The molecule has 6 nitrogen and oxygen atoms in total. The molecule has 0 saturated heterocycles. The lowest BCUT2D eigenvalue weighted by Gasteiger charge is -2.17. The van der Waals surface area contributed by atoms with Crippen molar-refractivity contribution in [3.8, 4) is 0 Å². The number of carbonyl (C=O) groups is 2. The molecule has 1 atom stereocenters. The maximum atomic E-state index is 13.1. The smallest absolute Gasteiger partial charge is 0.252 e. The fourth-order valence-corrected chi connectivity index (χ4v) is 3.19. The number of carbonyl (C=O) groups excluding carboxylic acids is 2. The number of amides is 2. The van der Waals surface area contributed by atoms with Crippen molar-refractivity contribution in [1.29, 1.82) is 5.41 Å². The average Bonchev–Trinajstić information content (AvgIpc) is 2.79. The van der Waals surface area contributed by atoms with Crippen LogP contribution in [0.25, 0.3) is 5.70 Å². The molecule has 3 aromatic rings. The minimum Gasteiger partial charge on any atom is -0.398 e. The number of halogens is 1. The molecule has 0 bridgehead atoms. The number of hydrogen-bond donors (Lipinski definition) is 4. The van der Waals surface area contributed by atoms with Crippen LogP contribution in [0.3, 0.4) is 0 Å². The molecule has 0 heterocycles. The predicted molar refractivity (Wildman–Crippen MR) is 122 cm³/mol. The van der Waals surface area contributed by atoms with Crippen molar-refractivity contribution in [2.45, 2.75) is 12.5 Å². The predicted octanol–water partition coefficient (Wildman–Crippen LogP) is 3.02. The van der Waals surface area contributed by atoms with Crippen LogP contribution in [0.4, 0.5) is 4.39 Å². The first-order valence-electron chi connectivity index (χ1n) is 9.90. The topological polar surface area (TPSA) is 122 Å². The van der Waals surface area contributed by atoms with E-state index >= 15 is 0 Å². The van der Waals surface area contributed by atoms with Crippen molar-refractivity contribution >= 4 is 23.2 Å². The quantitative estimate of drug-likeness (QED) is 0.411. The first kappa shape index (κ1) is 22.4. The molecule has 0 spiro atoms. The minimum absolute atomic E-state index is 0.0665. The molecule has 32 heavy (non-hydrogen) atoms. The Kier molecular flexibility index (Phi) is 7.13. The number of rotatable bonds is 8. The number of hydrogen-bond acceptors (Lipinski definition) is 4. The molecule has 3 rings (SSSR count). The molecule has 7 heteroatoms. The van der Waals surface area contributed by atoms with Crippen molar-refractivity contribution in [3.63, 3.8) is 0 Å². The maximum Gasteiger partial charge on any atom is 0.252 e. The largest absolute Gasteiger partial charge is 0.398 e. The van der Waals surface area contributed by atoms with Gasteiger partial charge < -0.3 is 22.2 Å². The summed E-state index contributed by atoms with van der Waals surface area (Å²) >= 11 is 0. The van der Waals surface area contributed by atoms with E-state index in [0.717, 1.165) is 5.56 Å². The number of allylic oxidation sites excluding steroid dienone is 1. The summed E-state index contributed by atoms with van der Waals surface area (Å²) in [6.07, 6.45) is 1.65. The van der Waals surface area contributed by atoms with Gasteiger partial charge in [-0.3, -0.25) is 9.59 Å². The third-order valence-corrected chi connectivity index (χ3v) is 4.87. The van der Waals surface area contributed by atoms with Gasteiger partial charge in [0.2, 0.25) is 5.91 Å². The highest BCUT2D eigenvalue weighted by molar-refractivity contribution is 6.11. The van der Waals surface area contributed by atoms with Crippen molar-refractivity contribution < 1.29 is 14.0 Å². The fourth-order valence-electron chi connectivity index (χ4n) is 3.19. The van der Waals surface area contributed by atoms with E-state index in [1.54, 1.807) is 24.3 Å². The summed E-state index contributed by atoms with van der Waals surface area (Å²) in [4.78, 5) is 24.9. The SMILES string of the molecule is N=C(C=C(N)c1ccccc1C(=O)N[C@@H](Cc1ccccc1)C(N)=O)c1ccc(F)cc1. The Morgan fingerprint density at radius 1 is 0.906 bits per heavy atom. The van der Waals surface area contributed by atoms with E-state index in [1.807, 2.05) is 30.3 Å². The summed E-state index contributed by atoms with van der Waals surface area (Å²) in [6.45, 7) is 0. The van der Waals surface area contributed by atoms with Gasteiger partial charge in [0.25, 0.3) is 5.91 Å². The van der Waals surface area contributed by atoms with Crippen LogP contribution in [-0.4, -0.2) is 23.6 Å². The monoisotopic (exact) mass is 430 g/mol. The Bertz CT molecular complexity index is 1160. The fraction of sp³-hybridized carbons (Fsp3) is 0.0800. The Hall–Kier alpha value is -4.26. The molecule has 0 unspecified atom stereocenters. The van der Waals surface area contributed by atoms with Crippen LogP contribution in [0.5, 0.6) is 0 Å². The third kappa shape index (κ3) is 5.66. The van der Waals surface area contributed by atoms with Crippen LogP contribution >= 0.6 is 0 Å². The zero-order valence-electron chi connectivity index (χ0n) is 17.2. The highest BCUT2D eigenvalue weighted by Crippen LogP contribution is 2.17. The summed E-state index contributed by atoms with van der Waals surface area (Å²) in [5, 5.41) is 10.9. The summed E-state index contributed by atoms with van der Waals surface area (Å²) in [5.74, 6) is -1.56. The molecular weight excluding hydrogens is 407 g/mol. The lowest BCUT2D eigenvalue weighted by Crippen LogP contribution is -2.46. The first-order chi connectivity index (χ1) is 15.3. The standard InChI is InChI=1S/C25H23FN4O2/c26-18-12-10-17(11-13-18)21(27)15-22(28)19-8-4-5-9-20(19)25(32)30-23(24(29)31)14-16-6-2-1-3-7-16/h1-13,15,23,27H,14,28H2,(H2,29,31)(H,30,32)/t23-/m0/s1. The molecular formula is C25H23FN4O2. The molecule has 6 N–H and O–H groups in total. The Balaban J connectivity index is 1.82. The molecule has 0 aliphatic carbocycles. The van der Waals surface area contributed by atoms with Gasteiger partial charge in [0.1, 0.15) is 11.9 Å². The van der Waals surface area contributed by atoms with Gasteiger partial charge in [-0.15, -0.1) is 0 Å². The second kappa shape index (κ2) is 10.2. The van der Waals surface area contributed by atoms with Crippen molar-refractivity contribution in [3.05, 3.63) is 113 Å². The van der Waals surface area contributed by atoms with E-state index in [-0.39, 0.29) is 23.4 Å². The summed E-state index contributed by atoms with van der Waals surface area (Å²) in [7, 11) is 0. The van der Waals surface area contributed by atoms with E-state index in [9.17, 15) is 14.0 Å². The highest BCUT2D eigenvalue weighted by atomic mass is 19.1. The number of nitrogens with one attached hydrogen (secondary N) is 2. The summed E-state index contributed by atoms with van der Waals surface area (Å²) < 4.78 is 13.1. The van der Waals surface area contributed by atoms with Gasteiger partial charge in [0.15, 0.2) is 0 Å². The molecule has 0 aliphatic rings. The molecule has 0 radical (unpaired) electrons. The Morgan fingerprint density at radius 3 is 2.12 bits per heavy atom. The molecule has 2 amide bonds. The Morgan fingerprint density at radius 2 is 1.50 bits per heavy atom. The van der Waals surface area contributed by atoms with E-state index in [1.165, 1.54) is 30.3 Å². The molecule has 0 saturated carbocycles. The minimum atomic E-state index is -0.902. The van der Waals surface area contributed by atoms with E-state index in [4.69, 9.17) is 16.9 Å². The van der Waals surface area contributed by atoms with Crippen LogP contribution in [0.2, 0.25) is 0 Å². The summed E-state index contributed by atoms with van der Waals surface area (Å²) in [6, 6.07) is 20.4. The molecule has 0 fully saturated rings. The molecule has 162 valence electrons. The van der Waals surface area contributed by atoms with Crippen LogP contribution in [0, 0.1) is 11.2 Å². The zero-order chi connectivity index (χ0) is 23.1. The molecule has 3 aromatic carbocycles. The lowest BCUT2D eigenvalue weighted by molar-refractivity contribution is -0.119. The summed E-state index contributed by atoms with van der Waals surface area (Å²) in [5.41, 5.74) is 13.9. The van der Waals surface area contributed by atoms with Crippen LogP contribution < -0.4 is 16.8 Å². The van der Waals surface area contributed by atoms with E-state index in [0.29, 0.717) is 11.1 Å². The first-order valence-corrected chi connectivity index (χ1v) is 9.90. The van der Waals surface area contributed by atoms with Crippen LogP contribution in [-0.2, 0) is 11.2 Å². The van der Waals surface area contributed by atoms with Gasteiger partial charge in [-0.2, -0.15) is 0 Å². The van der Waals surface area contributed by atoms with Crippen molar-refractivity contribution in [1.82, 2.24) is 5.32 Å². The third-order valence-electron chi connectivity index (χ3n) is 4.87. The van der Waals surface area contributed by atoms with Gasteiger partial charge >= 0.3 is 0 Å². The average molecular weight is 430 g/mol. The van der Waals surface area contributed by atoms with Crippen molar-refractivity contribution in [2.75, 3.05) is 0 Å². The number of primary amides is 1. The molecule has 0 aromatic heterocycles. The second-order valence-corrected chi connectivity index (χ2v) is 7.18. The lowest BCUT2D eigenvalue weighted by atomic mass is 10.00. The van der Waals surface area contributed by atoms with Gasteiger partial charge in [0, 0.05) is 23.2 Å². The van der Waals surface area contributed by atoms with Gasteiger partial charge in [-0.1, -0.05) is 48.5 Å².